The van der Waals surface area contributed by atoms with Crippen molar-refractivity contribution in [3.63, 3.8) is 0 Å². The maximum absolute atomic E-state index is 11.8. The van der Waals surface area contributed by atoms with Gasteiger partial charge in [-0.05, 0) is 38.9 Å². The smallest absolute Gasteiger partial charge is 0.220 e. The summed E-state index contributed by atoms with van der Waals surface area (Å²) in [5.74, 6) is 0.881. The van der Waals surface area contributed by atoms with Crippen molar-refractivity contribution in [3.05, 3.63) is 0 Å². The lowest BCUT2D eigenvalue weighted by Crippen LogP contribution is -2.44. The molecule has 110 valence electrons. The molecule has 19 heavy (non-hydrogen) atoms. The van der Waals surface area contributed by atoms with Crippen LogP contribution in [0.5, 0.6) is 0 Å². The van der Waals surface area contributed by atoms with Gasteiger partial charge in [-0.15, -0.1) is 0 Å². The Balaban J connectivity index is 1.49. The van der Waals surface area contributed by atoms with Gasteiger partial charge in [0.2, 0.25) is 5.91 Å². The predicted octanol–water partition coefficient (Wildman–Crippen LogP) is -0.260. The number of hydrogen-bond acceptors (Lipinski definition) is 4. The quantitative estimate of drug-likeness (QED) is 0.697. The number of nitrogens with zero attached hydrogens (tertiary/aromatic N) is 2. The Morgan fingerprint density at radius 2 is 2.11 bits per heavy atom. The molecule has 0 aromatic carbocycles. The molecule has 2 aliphatic rings. The van der Waals surface area contributed by atoms with E-state index in [2.05, 4.69) is 27.5 Å². The van der Waals surface area contributed by atoms with Crippen LogP contribution in [0.2, 0.25) is 0 Å². The zero-order valence-electron chi connectivity index (χ0n) is 12.2. The van der Waals surface area contributed by atoms with E-state index in [1.807, 2.05) is 0 Å². The van der Waals surface area contributed by atoms with Crippen LogP contribution in [0.3, 0.4) is 0 Å². The number of carbonyl (C=O) groups is 1. The Hall–Kier alpha value is -0.650. The van der Waals surface area contributed by atoms with Gasteiger partial charge in [0, 0.05) is 45.7 Å². The van der Waals surface area contributed by atoms with Gasteiger partial charge < -0.3 is 20.4 Å². The number of amides is 1. The van der Waals surface area contributed by atoms with E-state index < -0.39 is 0 Å². The van der Waals surface area contributed by atoms with Crippen LogP contribution in [-0.2, 0) is 4.79 Å². The molecular weight excluding hydrogens is 240 g/mol. The first kappa shape index (κ1) is 14.8. The van der Waals surface area contributed by atoms with Gasteiger partial charge in [0.1, 0.15) is 0 Å². The molecule has 1 unspecified atom stereocenters. The first-order chi connectivity index (χ1) is 9.24. The molecule has 0 aliphatic carbocycles. The highest BCUT2D eigenvalue weighted by Crippen LogP contribution is 2.12. The van der Waals surface area contributed by atoms with Crippen molar-refractivity contribution >= 4 is 5.91 Å². The van der Waals surface area contributed by atoms with Crippen LogP contribution < -0.4 is 10.6 Å². The Bertz CT molecular complexity index is 279. The lowest BCUT2D eigenvalue weighted by atomic mass is 10.1. The highest BCUT2D eigenvalue weighted by molar-refractivity contribution is 5.75. The summed E-state index contributed by atoms with van der Waals surface area (Å²) in [6, 6.07) is 0. The number of carbonyl (C=O) groups excluding carboxylic acids is 1. The molecule has 0 aromatic heterocycles. The molecule has 0 aromatic rings. The average Bonchev–Trinajstić information content (AvgIpc) is 2.83. The zero-order valence-corrected chi connectivity index (χ0v) is 12.2. The van der Waals surface area contributed by atoms with Crippen molar-refractivity contribution in [2.75, 3.05) is 59.4 Å². The topological polar surface area (TPSA) is 47.6 Å². The molecule has 1 amide bonds. The summed E-state index contributed by atoms with van der Waals surface area (Å²) in [6.07, 6.45) is 2.88. The average molecular weight is 268 g/mol. The summed E-state index contributed by atoms with van der Waals surface area (Å²) in [5, 5.41) is 6.43. The van der Waals surface area contributed by atoms with E-state index in [0.29, 0.717) is 12.3 Å². The van der Waals surface area contributed by atoms with Crippen molar-refractivity contribution < 1.29 is 4.79 Å². The second kappa shape index (κ2) is 7.82. The Kier molecular flexibility index (Phi) is 6.07. The third kappa shape index (κ3) is 5.47. The van der Waals surface area contributed by atoms with E-state index >= 15 is 0 Å². The lowest BCUT2D eigenvalue weighted by Gasteiger charge is -2.26. The molecule has 5 heteroatoms. The maximum atomic E-state index is 11.8. The van der Waals surface area contributed by atoms with Crippen molar-refractivity contribution in [1.82, 2.24) is 20.4 Å². The third-order valence-electron chi connectivity index (χ3n) is 4.16. The number of nitrogens with one attached hydrogen (secondary N) is 2. The second-order valence-electron chi connectivity index (χ2n) is 5.92. The molecule has 2 heterocycles. The van der Waals surface area contributed by atoms with Gasteiger partial charge >= 0.3 is 0 Å². The fourth-order valence-corrected chi connectivity index (χ4v) is 2.94. The van der Waals surface area contributed by atoms with Crippen molar-refractivity contribution in [3.8, 4) is 0 Å². The minimum atomic E-state index is 0.227. The summed E-state index contributed by atoms with van der Waals surface area (Å²) in [7, 11) is 2.15. The van der Waals surface area contributed by atoms with Gasteiger partial charge in [-0.1, -0.05) is 0 Å². The maximum Gasteiger partial charge on any atom is 0.220 e. The normalized spacial score (nSPS) is 25.6. The second-order valence-corrected chi connectivity index (χ2v) is 5.92. The van der Waals surface area contributed by atoms with Gasteiger partial charge in [0.15, 0.2) is 0 Å². The van der Waals surface area contributed by atoms with Crippen molar-refractivity contribution in [2.45, 2.75) is 19.3 Å². The number of piperazine rings is 1. The Morgan fingerprint density at radius 1 is 1.32 bits per heavy atom. The standard InChI is InChI=1S/C14H28N4O/c1-17-8-4-13(12-17)11-16-14(19)3-2-7-18-9-5-15-6-10-18/h13,15H,2-12H2,1H3,(H,16,19). The molecule has 2 rings (SSSR count). The third-order valence-corrected chi connectivity index (χ3v) is 4.16. The van der Waals surface area contributed by atoms with Crippen LogP contribution in [0, 0.1) is 5.92 Å². The highest BCUT2D eigenvalue weighted by atomic mass is 16.1. The van der Waals surface area contributed by atoms with Gasteiger partial charge in [0.05, 0.1) is 0 Å². The molecule has 2 N–H and O–H groups in total. The van der Waals surface area contributed by atoms with Gasteiger partial charge in [-0.25, -0.2) is 0 Å². The first-order valence-electron chi connectivity index (χ1n) is 7.62. The van der Waals surface area contributed by atoms with Crippen molar-refractivity contribution in [1.29, 1.82) is 0 Å². The van der Waals surface area contributed by atoms with Crippen LogP contribution in [-0.4, -0.2) is 75.1 Å². The molecule has 5 nitrogen and oxygen atoms in total. The van der Waals surface area contributed by atoms with Gasteiger partial charge in [-0.3, -0.25) is 4.79 Å². The molecule has 1 atom stereocenters. The lowest BCUT2D eigenvalue weighted by molar-refractivity contribution is -0.121. The molecule has 0 bridgehead atoms. The van der Waals surface area contributed by atoms with E-state index in [4.69, 9.17) is 0 Å². The summed E-state index contributed by atoms with van der Waals surface area (Å²) >= 11 is 0. The molecular formula is C14H28N4O. The summed E-state index contributed by atoms with van der Waals surface area (Å²) in [6.45, 7) is 8.62. The molecule has 2 aliphatic heterocycles. The van der Waals surface area contributed by atoms with E-state index in [-0.39, 0.29) is 5.91 Å². The minimum Gasteiger partial charge on any atom is -0.356 e. The Labute approximate surface area is 116 Å². The van der Waals surface area contributed by atoms with Gasteiger partial charge in [-0.2, -0.15) is 0 Å². The summed E-state index contributed by atoms with van der Waals surface area (Å²) < 4.78 is 0. The Morgan fingerprint density at radius 3 is 2.79 bits per heavy atom. The summed E-state index contributed by atoms with van der Waals surface area (Å²) in [4.78, 5) is 16.5. The van der Waals surface area contributed by atoms with E-state index in [0.717, 1.165) is 52.2 Å². The van der Waals surface area contributed by atoms with Crippen LogP contribution in [0.1, 0.15) is 19.3 Å². The van der Waals surface area contributed by atoms with E-state index in [1.165, 1.54) is 13.0 Å². The van der Waals surface area contributed by atoms with E-state index in [1.54, 1.807) is 0 Å². The molecule has 2 fully saturated rings. The highest BCUT2D eigenvalue weighted by Gasteiger charge is 2.19. The molecule has 0 radical (unpaired) electrons. The van der Waals surface area contributed by atoms with Crippen LogP contribution >= 0.6 is 0 Å². The molecule has 0 spiro atoms. The van der Waals surface area contributed by atoms with Crippen LogP contribution in [0.4, 0.5) is 0 Å². The number of hydrogen-bond donors (Lipinski definition) is 2. The predicted molar refractivity (Wildman–Crippen MR) is 77.2 cm³/mol. The fraction of sp³-hybridized carbons (Fsp3) is 0.929. The van der Waals surface area contributed by atoms with Crippen LogP contribution in [0.15, 0.2) is 0 Å². The zero-order chi connectivity index (χ0) is 13.5. The van der Waals surface area contributed by atoms with Gasteiger partial charge in [0.25, 0.3) is 0 Å². The fourth-order valence-electron chi connectivity index (χ4n) is 2.94. The van der Waals surface area contributed by atoms with Crippen molar-refractivity contribution in [2.24, 2.45) is 5.92 Å². The summed E-state index contributed by atoms with van der Waals surface area (Å²) in [5.41, 5.74) is 0. The van der Waals surface area contributed by atoms with Crippen LogP contribution in [0.25, 0.3) is 0 Å². The number of rotatable bonds is 6. The minimum absolute atomic E-state index is 0.227. The molecule has 0 saturated carbocycles. The largest absolute Gasteiger partial charge is 0.356 e. The number of likely N-dealkylation sites (tertiary alicyclic amines) is 1. The molecule has 2 saturated heterocycles. The SMILES string of the molecule is CN1CCC(CNC(=O)CCCN2CCNCC2)C1. The van der Waals surface area contributed by atoms with E-state index in [9.17, 15) is 4.79 Å². The monoisotopic (exact) mass is 268 g/mol. The first-order valence-corrected chi connectivity index (χ1v) is 7.62.